The molecule has 0 radical (unpaired) electrons. The number of carbonyl (C=O) groups is 2. The molecule has 2 aromatic rings. The first-order valence-corrected chi connectivity index (χ1v) is 7.82. The molecule has 6 nitrogen and oxygen atoms in total. The Hall–Kier alpha value is -3.74. The van der Waals surface area contributed by atoms with Crippen molar-refractivity contribution in [3.05, 3.63) is 65.2 Å². The molecule has 1 fully saturated rings. The Morgan fingerprint density at radius 1 is 1.04 bits per heavy atom. The number of benzene rings is 2. The van der Waals surface area contributed by atoms with Crippen molar-refractivity contribution in [2.75, 3.05) is 12.3 Å². The number of hydrogen-bond donors (Lipinski definition) is 3. The molecule has 4 N–H and O–H groups in total. The SMILES string of the molecule is Nc1ccc(C#CC#Cc2ccc(C(=O)NC3CN(O)C3=O)cc2)cc1. The van der Waals surface area contributed by atoms with Crippen LogP contribution in [0.2, 0.25) is 0 Å². The third-order valence-corrected chi connectivity index (χ3v) is 3.75. The van der Waals surface area contributed by atoms with E-state index in [9.17, 15) is 9.59 Å². The largest absolute Gasteiger partial charge is 0.399 e. The summed E-state index contributed by atoms with van der Waals surface area (Å²) in [6, 6.07) is 13.2. The van der Waals surface area contributed by atoms with Crippen molar-refractivity contribution in [1.29, 1.82) is 0 Å². The van der Waals surface area contributed by atoms with E-state index in [1.807, 2.05) is 12.1 Å². The van der Waals surface area contributed by atoms with Crippen LogP contribution in [0.15, 0.2) is 48.5 Å². The highest BCUT2D eigenvalue weighted by Crippen LogP contribution is 2.09. The minimum absolute atomic E-state index is 0.0980. The van der Waals surface area contributed by atoms with Crippen molar-refractivity contribution in [3.63, 3.8) is 0 Å². The summed E-state index contributed by atoms with van der Waals surface area (Å²) < 4.78 is 0. The maximum Gasteiger partial charge on any atom is 0.270 e. The second-order valence-electron chi connectivity index (χ2n) is 5.65. The van der Waals surface area contributed by atoms with E-state index in [2.05, 4.69) is 29.0 Å². The number of amides is 2. The van der Waals surface area contributed by atoms with Crippen molar-refractivity contribution in [2.24, 2.45) is 0 Å². The molecular formula is C20H15N3O3. The number of β-lactam (4-membered cyclic amide) rings is 1. The molecule has 1 aliphatic rings. The summed E-state index contributed by atoms with van der Waals surface area (Å²) in [5, 5.41) is 12.1. The highest BCUT2D eigenvalue weighted by Gasteiger charge is 2.37. The topological polar surface area (TPSA) is 95.7 Å². The molecule has 1 unspecified atom stereocenters. The Bertz CT molecular complexity index is 958. The molecule has 0 saturated carbocycles. The van der Waals surface area contributed by atoms with Crippen LogP contribution in [0.1, 0.15) is 21.5 Å². The third-order valence-electron chi connectivity index (χ3n) is 3.75. The van der Waals surface area contributed by atoms with Gasteiger partial charge in [0.15, 0.2) is 0 Å². The molecule has 2 aromatic carbocycles. The third kappa shape index (κ3) is 4.02. The molecule has 1 saturated heterocycles. The van der Waals surface area contributed by atoms with Gasteiger partial charge in [0.2, 0.25) is 0 Å². The number of hydroxylamine groups is 2. The zero-order valence-electron chi connectivity index (χ0n) is 13.7. The average molecular weight is 345 g/mol. The minimum atomic E-state index is -0.671. The van der Waals surface area contributed by atoms with Crippen molar-refractivity contribution in [2.45, 2.75) is 6.04 Å². The minimum Gasteiger partial charge on any atom is -0.399 e. The quantitative estimate of drug-likeness (QED) is 0.327. The first-order chi connectivity index (χ1) is 12.5. The van der Waals surface area contributed by atoms with E-state index < -0.39 is 11.9 Å². The molecule has 1 heterocycles. The van der Waals surface area contributed by atoms with Gasteiger partial charge < -0.3 is 11.1 Å². The Balaban J connectivity index is 1.59. The molecule has 1 atom stereocenters. The van der Waals surface area contributed by atoms with Crippen LogP contribution in [-0.4, -0.2) is 34.7 Å². The van der Waals surface area contributed by atoms with Gasteiger partial charge in [-0.05, 0) is 60.4 Å². The number of hydrogen-bond acceptors (Lipinski definition) is 4. The van der Waals surface area contributed by atoms with E-state index in [1.165, 1.54) is 0 Å². The molecule has 128 valence electrons. The van der Waals surface area contributed by atoms with Crippen LogP contribution in [0, 0.1) is 23.7 Å². The number of anilines is 1. The van der Waals surface area contributed by atoms with E-state index in [-0.39, 0.29) is 12.5 Å². The fourth-order valence-electron chi connectivity index (χ4n) is 2.24. The molecule has 0 aromatic heterocycles. The lowest BCUT2D eigenvalue weighted by Crippen LogP contribution is -2.62. The summed E-state index contributed by atoms with van der Waals surface area (Å²) >= 11 is 0. The maximum atomic E-state index is 12.0. The lowest BCUT2D eigenvalue weighted by Gasteiger charge is -2.33. The van der Waals surface area contributed by atoms with Gasteiger partial charge in [0, 0.05) is 22.4 Å². The van der Waals surface area contributed by atoms with Crippen molar-refractivity contribution < 1.29 is 14.8 Å². The van der Waals surface area contributed by atoms with Crippen LogP contribution in [0.25, 0.3) is 0 Å². The number of nitrogens with two attached hydrogens (primary N) is 1. The van der Waals surface area contributed by atoms with E-state index >= 15 is 0 Å². The number of rotatable bonds is 2. The summed E-state index contributed by atoms with van der Waals surface area (Å²) in [4.78, 5) is 23.3. The van der Waals surface area contributed by atoms with Crippen LogP contribution in [0.5, 0.6) is 0 Å². The Labute approximate surface area is 150 Å². The van der Waals surface area contributed by atoms with Crippen LogP contribution in [0.3, 0.4) is 0 Å². The zero-order valence-corrected chi connectivity index (χ0v) is 13.7. The first-order valence-electron chi connectivity index (χ1n) is 7.82. The van der Waals surface area contributed by atoms with Gasteiger partial charge in [-0.25, -0.2) is 5.06 Å². The molecule has 0 bridgehead atoms. The van der Waals surface area contributed by atoms with Gasteiger partial charge in [-0.15, -0.1) is 0 Å². The van der Waals surface area contributed by atoms with Gasteiger partial charge >= 0.3 is 0 Å². The Morgan fingerprint density at radius 3 is 2.08 bits per heavy atom. The van der Waals surface area contributed by atoms with Gasteiger partial charge in [0.1, 0.15) is 6.04 Å². The number of carbonyl (C=O) groups excluding carboxylic acids is 2. The lowest BCUT2D eigenvalue weighted by molar-refractivity contribution is -0.189. The average Bonchev–Trinajstić information content (AvgIpc) is 2.66. The smallest absolute Gasteiger partial charge is 0.270 e. The van der Waals surface area contributed by atoms with Crippen LogP contribution >= 0.6 is 0 Å². The van der Waals surface area contributed by atoms with Crippen LogP contribution in [-0.2, 0) is 4.79 Å². The van der Waals surface area contributed by atoms with Gasteiger partial charge in [-0.2, -0.15) is 0 Å². The van der Waals surface area contributed by atoms with Gasteiger partial charge in [-0.1, -0.05) is 11.8 Å². The van der Waals surface area contributed by atoms with Crippen LogP contribution < -0.4 is 11.1 Å². The molecule has 26 heavy (non-hydrogen) atoms. The summed E-state index contributed by atoms with van der Waals surface area (Å²) in [6.07, 6.45) is 0. The van der Waals surface area contributed by atoms with Gasteiger partial charge in [0.05, 0.1) is 6.54 Å². The van der Waals surface area contributed by atoms with E-state index in [0.717, 1.165) is 11.1 Å². The highest BCUT2D eigenvalue weighted by molar-refractivity contribution is 5.99. The predicted octanol–water partition coefficient (Wildman–Crippen LogP) is 1.00. The molecule has 6 heteroatoms. The molecule has 1 aliphatic heterocycles. The van der Waals surface area contributed by atoms with Crippen molar-refractivity contribution in [1.82, 2.24) is 10.4 Å². The first kappa shape index (κ1) is 17.1. The van der Waals surface area contributed by atoms with Gasteiger partial charge in [-0.3, -0.25) is 14.8 Å². The van der Waals surface area contributed by atoms with E-state index in [4.69, 9.17) is 10.9 Å². The summed E-state index contributed by atoms with van der Waals surface area (Å²) in [5.41, 5.74) is 8.24. The Kier molecular flexibility index (Phi) is 4.89. The standard InChI is InChI=1S/C20H15N3O3/c21-17-11-7-15(8-12-17)4-2-1-3-14-5-9-16(10-6-14)19(24)22-18-13-23(26)20(18)25/h5-12,18,26H,13,21H2,(H,22,24). The molecule has 2 amide bonds. The van der Waals surface area contributed by atoms with E-state index in [0.29, 0.717) is 16.3 Å². The number of nitrogens with one attached hydrogen (secondary N) is 1. The summed E-state index contributed by atoms with van der Waals surface area (Å²) in [6.45, 7) is 0.0980. The second-order valence-corrected chi connectivity index (χ2v) is 5.65. The molecule has 3 rings (SSSR count). The number of nitrogens with zero attached hydrogens (tertiary/aromatic N) is 1. The molecule has 0 spiro atoms. The molecule has 0 aliphatic carbocycles. The second kappa shape index (κ2) is 7.43. The van der Waals surface area contributed by atoms with Crippen LogP contribution in [0.4, 0.5) is 5.69 Å². The molecular weight excluding hydrogens is 330 g/mol. The van der Waals surface area contributed by atoms with Crippen molar-refractivity contribution in [3.8, 4) is 23.7 Å². The van der Waals surface area contributed by atoms with Crippen molar-refractivity contribution >= 4 is 17.5 Å². The summed E-state index contributed by atoms with van der Waals surface area (Å²) in [5.74, 6) is 10.4. The fraction of sp³-hybridized carbons (Fsp3) is 0.100. The zero-order chi connectivity index (χ0) is 18.5. The maximum absolute atomic E-state index is 12.0. The fourth-order valence-corrected chi connectivity index (χ4v) is 2.24. The normalized spacial score (nSPS) is 15.0. The monoisotopic (exact) mass is 345 g/mol. The highest BCUT2D eigenvalue weighted by atomic mass is 16.5. The Morgan fingerprint density at radius 2 is 1.58 bits per heavy atom. The number of nitrogen functional groups attached to an aromatic ring is 1. The van der Waals surface area contributed by atoms with E-state index in [1.54, 1.807) is 36.4 Å². The van der Waals surface area contributed by atoms with Gasteiger partial charge in [0.25, 0.3) is 11.8 Å². The lowest BCUT2D eigenvalue weighted by atomic mass is 10.1. The summed E-state index contributed by atoms with van der Waals surface area (Å²) in [7, 11) is 0. The predicted molar refractivity (Wildman–Crippen MR) is 95.8 cm³/mol.